The van der Waals surface area contributed by atoms with Gasteiger partial charge in [-0.1, -0.05) is 13.0 Å². The second-order valence-corrected chi connectivity index (χ2v) is 3.40. The van der Waals surface area contributed by atoms with E-state index >= 15 is 0 Å². The number of nitriles is 1. The second-order valence-electron chi connectivity index (χ2n) is 3.40. The molecule has 0 aromatic heterocycles. The minimum Gasteiger partial charge on any atom is -0.310 e. The van der Waals surface area contributed by atoms with E-state index in [1.54, 1.807) is 0 Å². The van der Waals surface area contributed by atoms with Crippen LogP contribution in [0.4, 0.5) is 0 Å². The van der Waals surface area contributed by atoms with Crippen LogP contribution in [0.1, 0.15) is 39.5 Å². The first-order chi connectivity index (χ1) is 6.24. The van der Waals surface area contributed by atoms with Crippen molar-refractivity contribution >= 4 is 0 Å². The van der Waals surface area contributed by atoms with E-state index in [1.165, 1.54) is 0 Å². The van der Waals surface area contributed by atoms with Crippen LogP contribution in [0.2, 0.25) is 0 Å². The summed E-state index contributed by atoms with van der Waals surface area (Å²) in [6.45, 7) is 7.95. The van der Waals surface area contributed by atoms with Gasteiger partial charge in [-0.25, -0.2) is 0 Å². The molecule has 0 saturated heterocycles. The number of nitrogens with zero attached hydrogens (tertiary/aromatic N) is 1. The zero-order chi connectivity index (χ0) is 10.1. The molecule has 0 aromatic rings. The molecule has 2 nitrogen and oxygen atoms in total. The van der Waals surface area contributed by atoms with Gasteiger partial charge in [0.05, 0.1) is 12.5 Å². The third-order valence-corrected chi connectivity index (χ3v) is 2.15. The van der Waals surface area contributed by atoms with Crippen molar-refractivity contribution in [2.45, 2.75) is 51.6 Å². The van der Waals surface area contributed by atoms with Crippen molar-refractivity contribution in [1.82, 2.24) is 5.32 Å². The molecule has 0 aliphatic heterocycles. The maximum atomic E-state index is 8.55. The van der Waals surface area contributed by atoms with Crippen molar-refractivity contribution in [2.75, 3.05) is 0 Å². The number of nitrogens with one attached hydrogen (secondary N) is 1. The molecule has 0 aliphatic carbocycles. The van der Waals surface area contributed by atoms with Crippen LogP contribution < -0.4 is 5.32 Å². The minimum absolute atomic E-state index is 0.352. The van der Waals surface area contributed by atoms with Crippen molar-refractivity contribution in [3.8, 4) is 6.07 Å². The topological polar surface area (TPSA) is 35.8 Å². The fourth-order valence-electron chi connectivity index (χ4n) is 1.28. The van der Waals surface area contributed by atoms with Crippen molar-refractivity contribution < 1.29 is 0 Å². The van der Waals surface area contributed by atoms with Gasteiger partial charge in [0, 0.05) is 12.1 Å². The van der Waals surface area contributed by atoms with Crippen LogP contribution in [-0.4, -0.2) is 12.1 Å². The molecule has 0 rings (SSSR count). The van der Waals surface area contributed by atoms with Crippen LogP contribution in [0.25, 0.3) is 0 Å². The Morgan fingerprint density at radius 2 is 2.31 bits per heavy atom. The lowest BCUT2D eigenvalue weighted by Gasteiger charge is -2.19. The van der Waals surface area contributed by atoms with Crippen LogP contribution in [0, 0.1) is 11.3 Å². The Morgan fingerprint density at radius 3 is 2.77 bits per heavy atom. The quantitative estimate of drug-likeness (QED) is 0.611. The molecule has 0 amide bonds. The normalized spacial score (nSPS) is 14.5. The fourth-order valence-corrected chi connectivity index (χ4v) is 1.28. The minimum atomic E-state index is 0.352. The molecule has 0 heterocycles. The first-order valence-electron chi connectivity index (χ1n) is 4.98. The predicted octanol–water partition coefficient (Wildman–Crippen LogP) is 2.62. The van der Waals surface area contributed by atoms with Crippen LogP contribution in [0.5, 0.6) is 0 Å². The van der Waals surface area contributed by atoms with E-state index in [0.29, 0.717) is 18.5 Å². The highest BCUT2D eigenvalue weighted by Gasteiger charge is 2.08. The maximum Gasteiger partial charge on any atom is 0.0638 e. The van der Waals surface area contributed by atoms with E-state index in [1.807, 2.05) is 6.08 Å². The van der Waals surface area contributed by atoms with Gasteiger partial charge in [0.1, 0.15) is 0 Å². The predicted molar refractivity (Wildman–Crippen MR) is 56.3 cm³/mol. The summed E-state index contributed by atoms with van der Waals surface area (Å²) in [6, 6.07) is 3.03. The van der Waals surface area contributed by atoms with Gasteiger partial charge >= 0.3 is 0 Å². The van der Waals surface area contributed by atoms with Gasteiger partial charge < -0.3 is 5.32 Å². The van der Waals surface area contributed by atoms with Gasteiger partial charge in [0.2, 0.25) is 0 Å². The summed E-state index contributed by atoms with van der Waals surface area (Å²) in [5, 5.41) is 12.0. The maximum absolute atomic E-state index is 8.55. The third-order valence-electron chi connectivity index (χ3n) is 2.15. The molecule has 0 radical (unpaired) electrons. The largest absolute Gasteiger partial charge is 0.310 e. The first kappa shape index (κ1) is 12.2. The lowest BCUT2D eigenvalue weighted by molar-refractivity contribution is 0.423. The summed E-state index contributed by atoms with van der Waals surface area (Å²) in [6.07, 6.45) is 5.70. The standard InChI is InChI=1S/C11H20N2/c1-4-6-7-10(3)13-11(5-2)8-9-12/h4,10-11,13H,1,5-8H2,2-3H3. The molecule has 74 valence electrons. The Kier molecular flexibility index (Phi) is 7.33. The Labute approximate surface area is 81.6 Å². The van der Waals surface area contributed by atoms with Crippen LogP contribution in [0.3, 0.4) is 0 Å². The zero-order valence-corrected chi connectivity index (χ0v) is 8.71. The van der Waals surface area contributed by atoms with Gasteiger partial charge in [-0.2, -0.15) is 5.26 Å². The van der Waals surface area contributed by atoms with Crippen LogP contribution >= 0.6 is 0 Å². The molecular formula is C11H20N2. The molecule has 13 heavy (non-hydrogen) atoms. The smallest absolute Gasteiger partial charge is 0.0638 e. The second kappa shape index (κ2) is 7.82. The molecule has 0 saturated carbocycles. The van der Waals surface area contributed by atoms with Crippen molar-refractivity contribution in [3.05, 3.63) is 12.7 Å². The summed E-state index contributed by atoms with van der Waals surface area (Å²) >= 11 is 0. The monoisotopic (exact) mass is 180 g/mol. The summed E-state index contributed by atoms with van der Waals surface area (Å²) in [7, 11) is 0. The van der Waals surface area contributed by atoms with E-state index in [2.05, 4.69) is 31.8 Å². The van der Waals surface area contributed by atoms with Crippen molar-refractivity contribution in [2.24, 2.45) is 0 Å². The number of rotatable bonds is 7. The fraction of sp³-hybridized carbons (Fsp3) is 0.727. The highest BCUT2D eigenvalue weighted by Crippen LogP contribution is 2.02. The number of allylic oxidation sites excluding steroid dienone is 1. The van der Waals surface area contributed by atoms with E-state index < -0.39 is 0 Å². The molecule has 0 aliphatic rings. The molecule has 0 bridgehead atoms. The van der Waals surface area contributed by atoms with Gasteiger partial charge in [-0.05, 0) is 26.2 Å². The molecular weight excluding hydrogens is 160 g/mol. The Hall–Kier alpha value is -0.810. The molecule has 1 N–H and O–H groups in total. The molecule has 0 fully saturated rings. The van der Waals surface area contributed by atoms with E-state index in [9.17, 15) is 0 Å². The third kappa shape index (κ3) is 6.36. The summed E-state index contributed by atoms with van der Waals surface area (Å²) in [4.78, 5) is 0. The number of hydrogen-bond acceptors (Lipinski definition) is 2. The average Bonchev–Trinajstić information content (AvgIpc) is 2.14. The molecule has 2 heteroatoms. The summed E-state index contributed by atoms with van der Waals surface area (Å²) < 4.78 is 0. The molecule has 2 atom stereocenters. The summed E-state index contributed by atoms with van der Waals surface area (Å²) in [5.41, 5.74) is 0. The van der Waals surface area contributed by atoms with Crippen LogP contribution in [0.15, 0.2) is 12.7 Å². The lowest BCUT2D eigenvalue weighted by Crippen LogP contribution is -2.35. The average molecular weight is 180 g/mol. The van der Waals surface area contributed by atoms with Gasteiger partial charge in [0.25, 0.3) is 0 Å². The van der Waals surface area contributed by atoms with Crippen LogP contribution in [-0.2, 0) is 0 Å². The molecule has 0 aromatic carbocycles. The van der Waals surface area contributed by atoms with Gasteiger partial charge in [-0.15, -0.1) is 6.58 Å². The van der Waals surface area contributed by atoms with E-state index in [0.717, 1.165) is 19.3 Å². The summed E-state index contributed by atoms with van der Waals surface area (Å²) in [5.74, 6) is 0. The Balaban J connectivity index is 3.66. The molecule has 2 unspecified atom stereocenters. The Bertz CT molecular complexity index is 169. The highest BCUT2D eigenvalue weighted by atomic mass is 14.9. The lowest BCUT2D eigenvalue weighted by atomic mass is 10.1. The zero-order valence-electron chi connectivity index (χ0n) is 8.71. The molecule has 0 spiro atoms. The van der Waals surface area contributed by atoms with Gasteiger partial charge in [-0.3, -0.25) is 0 Å². The van der Waals surface area contributed by atoms with E-state index in [4.69, 9.17) is 5.26 Å². The highest BCUT2D eigenvalue weighted by molar-refractivity contribution is 4.82. The van der Waals surface area contributed by atoms with Crippen molar-refractivity contribution in [1.29, 1.82) is 5.26 Å². The Morgan fingerprint density at radius 1 is 1.62 bits per heavy atom. The SMILES string of the molecule is C=CCCC(C)NC(CC)CC#N. The first-order valence-corrected chi connectivity index (χ1v) is 4.98. The van der Waals surface area contributed by atoms with Gasteiger partial charge in [0.15, 0.2) is 0 Å². The van der Waals surface area contributed by atoms with Crippen molar-refractivity contribution in [3.63, 3.8) is 0 Å². The number of hydrogen-bond donors (Lipinski definition) is 1. The van der Waals surface area contributed by atoms with E-state index in [-0.39, 0.29) is 0 Å².